The van der Waals surface area contributed by atoms with E-state index in [0.717, 1.165) is 6.26 Å². The topological polar surface area (TPSA) is 84.9 Å². The third-order valence-electron chi connectivity index (χ3n) is 2.22. The Bertz CT molecular complexity index is 511. The molecule has 1 aliphatic heterocycles. The van der Waals surface area contributed by atoms with Gasteiger partial charge in [0.25, 0.3) is 0 Å². The fourth-order valence-electron chi connectivity index (χ4n) is 1.62. The maximum absolute atomic E-state index is 11.6. The summed E-state index contributed by atoms with van der Waals surface area (Å²) in [5.74, 6) is 0.623. The Labute approximate surface area is 92.7 Å². The van der Waals surface area contributed by atoms with Gasteiger partial charge in [-0.3, -0.25) is 0 Å². The number of sulfone groups is 1. The lowest BCUT2D eigenvalue weighted by atomic mass is 10.2. The Morgan fingerprint density at radius 2 is 2.19 bits per heavy atom. The molecule has 0 amide bonds. The van der Waals surface area contributed by atoms with Crippen molar-refractivity contribution in [3.8, 4) is 11.5 Å². The molecule has 0 saturated carbocycles. The van der Waals surface area contributed by atoms with Crippen LogP contribution in [0.4, 0.5) is 0 Å². The summed E-state index contributed by atoms with van der Waals surface area (Å²) in [5.41, 5.74) is 2.37. The summed E-state index contributed by atoms with van der Waals surface area (Å²) in [5, 5.41) is 8.64. The molecule has 2 rings (SSSR count). The molecule has 1 aromatic carbocycles. The van der Waals surface area contributed by atoms with Crippen LogP contribution in [-0.4, -0.2) is 26.7 Å². The Balaban J connectivity index is 2.65. The van der Waals surface area contributed by atoms with Crippen molar-refractivity contribution in [3.05, 3.63) is 17.7 Å². The average molecular weight is 245 g/mol. The van der Waals surface area contributed by atoms with Crippen molar-refractivity contribution >= 4 is 9.84 Å². The lowest BCUT2D eigenvalue weighted by Crippen LogP contribution is -2.11. The standard InChI is InChI=1S/C9H11NO5S/c1-16(12,13)9-6(4-10-11)2-3-7-8(9)15-5-14-7/h2-3,10-11H,4-5H2,1H3. The van der Waals surface area contributed by atoms with Gasteiger partial charge < -0.3 is 14.7 Å². The normalized spacial score (nSPS) is 14.1. The molecule has 1 aromatic rings. The highest BCUT2D eigenvalue weighted by Gasteiger charge is 2.26. The van der Waals surface area contributed by atoms with Crippen LogP contribution in [0, 0.1) is 0 Å². The zero-order valence-electron chi connectivity index (χ0n) is 8.56. The molecule has 2 N–H and O–H groups in total. The van der Waals surface area contributed by atoms with Crippen LogP contribution >= 0.6 is 0 Å². The van der Waals surface area contributed by atoms with Gasteiger partial charge in [0, 0.05) is 12.8 Å². The fraction of sp³-hybridized carbons (Fsp3) is 0.333. The van der Waals surface area contributed by atoms with Crippen molar-refractivity contribution in [2.24, 2.45) is 0 Å². The van der Waals surface area contributed by atoms with Gasteiger partial charge in [-0.05, 0) is 11.6 Å². The molecule has 0 aromatic heterocycles. The van der Waals surface area contributed by atoms with Gasteiger partial charge >= 0.3 is 0 Å². The minimum Gasteiger partial charge on any atom is -0.454 e. The third-order valence-corrected chi connectivity index (χ3v) is 3.40. The van der Waals surface area contributed by atoms with E-state index < -0.39 is 9.84 Å². The van der Waals surface area contributed by atoms with Gasteiger partial charge in [0.1, 0.15) is 4.90 Å². The molecule has 0 unspecified atom stereocenters. The van der Waals surface area contributed by atoms with Gasteiger partial charge in [-0.1, -0.05) is 6.07 Å². The second-order valence-electron chi connectivity index (χ2n) is 3.39. The van der Waals surface area contributed by atoms with Crippen molar-refractivity contribution < 1.29 is 23.1 Å². The molecule has 0 saturated heterocycles. The first-order chi connectivity index (χ1) is 7.54. The second kappa shape index (κ2) is 3.93. The molecule has 0 spiro atoms. The summed E-state index contributed by atoms with van der Waals surface area (Å²) in [4.78, 5) is 0.0593. The van der Waals surface area contributed by atoms with E-state index >= 15 is 0 Å². The molecule has 0 aliphatic carbocycles. The van der Waals surface area contributed by atoms with Crippen LogP contribution in [0.2, 0.25) is 0 Å². The van der Waals surface area contributed by atoms with Crippen LogP contribution in [0.1, 0.15) is 5.56 Å². The molecular weight excluding hydrogens is 234 g/mol. The smallest absolute Gasteiger partial charge is 0.231 e. The Morgan fingerprint density at radius 3 is 2.81 bits per heavy atom. The first-order valence-corrected chi connectivity index (χ1v) is 6.41. The highest BCUT2D eigenvalue weighted by atomic mass is 32.2. The number of hydrogen-bond acceptors (Lipinski definition) is 6. The Hall–Kier alpha value is -1.31. The SMILES string of the molecule is CS(=O)(=O)c1c(CNO)ccc2c1OCO2. The maximum atomic E-state index is 11.6. The number of rotatable bonds is 3. The van der Waals surface area contributed by atoms with Crippen molar-refractivity contribution in [2.75, 3.05) is 13.0 Å². The third kappa shape index (κ3) is 1.84. The summed E-state index contributed by atoms with van der Waals surface area (Å²) in [7, 11) is -3.44. The van der Waals surface area contributed by atoms with Crippen LogP contribution in [0.5, 0.6) is 11.5 Å². The largest absolute Gasteiger partial charge is 0.454 e. The number of hydrogen-bond donors (Lipinski definition) is 2. The molecule has 0 fully saturated rings. The van der Waals surface area contributed by atoms with Crippen LogP contribution < -0.4 is 15.0 Å². The summed E-state index contributed by atoms with van der Waals surface area (Å²) in [6, 6.07) is 3.19. The summed E-state index contributed by atoms with van der Waals surface area (Å²) in [6.45, 7) is 0.0346. The Kier molecular flexibility index (Phi) is 2.75. The van der Waals surface area contributed by atoms with E-state index in [1.165, 1.54) is 0 Å². The Morgan fingerprint density at radius 1 is 1.44 bits per heavy atom. The first-order valence-electron chi connectivity index (χ1n) is 4.52. The number of nitrogens with one attached hydrogen (secondary N) is 1. The van der Waals surface area contributed by atoms with Crippen LogP contribution in [0.25, 0.3) is 0 Å². The predicted octanol–water partition coefficient (Wildman–Crippen LogP) is 0.298. The molecule has 16 heavy (non-hydrogen) atoms. The van der Waals surface area contributed by atoms with E-state index in [0.29, 0.717) is 11.3 Å². The van der Waals surface area contributed by atoms with E-state index in [4.69, 9.17) is 14.7 Å². The van der Waals surface area contributed by atoms with Crippen molar-refractivity contribution in [1.82, 2.24) is 5.48 Å². The molecule has 1 aliphatic rings. The molecular formula is C9H11NO5S. The van der Waals surface area contributed by atoms with Crippen molar-refractivity contribution in [3.63, 3.8) is 0 Å². The average Bonchev–Trinajstić information content (AvgIpc) is 2.63. The van der Waals surface area contributed by atoms with Crippen molar-refractivity contribution in [1.29, 1.82) is 0 Å². The lowest BCUT2D eigenvalue weighted by Gasteiger charge is -2.09. The fourth-order valence-corrected chi connectivity index (χ4v) is 2.73. The number of benzene rings is 1. The van der Waals surface area contributed by atoms with E-state index in [9.17, 15) is 8.42 Å². The quantitative estimate of drug-likeness (QED) is 0.745. The predicted molar refractivity (Wildman–Crippen MR) is 54.3 cm³/mol. The van der Waals surface area contributed by atoms with Gasteiger partial charge in [-0.25, -0.2) is 13.9 Å². The van der Waals surface area contributed by atoms with Gasteiger partial charge in [-0.2, -0.15) is 0 Å². The van der Waals surface area contributed by atoms with Gasteiger partial charge in [0.15, 0.2) is 21.3 Å². The number of fused-ring (bicyclic) bond motifs is 1. The summed E-state index contributed by atoms with van der Waals surface area (Å²) >= 11 is 0. The highest BCUT2D eigenvalue weighted by molar-refractivity contribution is 7.90. The first kappa shape index (κ1) is 11.2. The van der Waals surface area contributed by atoms with E-state index in [-0.39, 0.29) is 24.0 Å². The number of hydroxylamine groups is 1. The minimum absolute atomic E-state index is 0.00780. The monoisotopic (exact) mass is 245 g/mol. The highest BCUT2D eigenvalue weighted by Crippen LogP contribution is 2.40. The summed E-state index contributed by atoms with van der Waals surface area (Å²) in [6.07, 6.45) is 1.09. The zero-order chi connectivity index (χ0) is 11.8. The van der Waals surface area contributed by atoms with E-state index in [1.807, 2.05) is 5.48 Å². The molecule has 1 heterocycles. The molecule has 6 nitrogen and oxygen atoms in total. The van der Waals surface area contributed by atoms with Gasteiger partial charge in [-0.15, -0.1) is 0 Å². The van der Waals surface area contributed by atoms with Crippen molar-refractivity contribution in [2.45, 2.75) is 11.4 Å². The molecule has 7 heteroatoms. The van der Waals surface area contributed by atoms with Gasteiger partial charge in [0.2, 0.25) is 6.79 Å². The second-order valence-corrected chi connectivity index (χ2v) is 5.35. The lowest BCUT2D eigenvalue weighted by molar-refractivity contribution is 0.159. The van der Waals surface area contributed by atoms with Crippen LogP contribution in [-0.2, 0) is 16.4 Å². The molecule has 0 atom stereocenters. The van der Waals surface area contributed by atoms with E-state index in [2.05, 4.69) is 0 Å². The van der Waals surface area contributed by atoms with Crippen LogP contribution in [0.15, 0.2) is 17.0 Å². The minimum atomic E-state index is -3.44. The molecule has 88 valence electrons. The summed E-state index contributed by atoms with van der Waals surface area (Å²) < 4.78 is 33.5. The van der Waals surface area contributed by atoms with Gasteiger partial charge in [0.05, 0.1) is 0 Å². The molecule has 0 radical (unpaired) electrons. The van der Waals surface area contributed by atoms with Crippen LogP contribution in [0.3, 0.4) is 0 Å². The molecule has 0 bridgehead atoms. The maximum Gasteiger partial charge on any atom is 0.231 e. The zero-order valence-corrected chi connectivity index (χ0v) is 9.37. The van der Waals surface area contributed by atoms with E-state index in [1.54, 1.807) is 12.1 Å². The number of ether oxygens (including phenoxy) is 2.